The van der Waals surface area contributed by atoms with Crippen molar-refractivity contribution in [2.24, 2.45) is 0 Å². The number of alkyl halides is 3. The molecule has 0 saturated carbocycles. The normalized spacial score (nSPS) is 11.0. The van der Waals surface area contributed by atoms with Crippen LogP contribution in [0.1, 0.15) is 11.1 Å². The average molecular weight is 310 g/mol. The lowest BCUT2D eigenvalue weighted by Gasteiger charge is -2.09. The van der Waals surface area contributed by atoms with Crippen LogP contribution < -0.4 is 10.1 Å². The number of hydrogen-bond donors (Lipinski definition) is 1. The number of benzene rings is 1. The minimum atomic E-state index is -4.72. The molecular weight excluding hydrogens is 297 g/mol. The molecular formula is C15H13F3N2O2. The van der Waals surface area contributed by atoms with Gasteiger partial charge in [-0.15, -0.1) is 13.2 Å². The fraction of sp³-hybridized carbons (Fsp3) is 0.200. The number of pyridine rings is 1. The molecule has 0 aliphatic heterocycles. The van der Waals surface area contributed by atoms with Gasteiger partial charge in [-0.1, -0.05) is 18.2 Å². The van der Waals surface area contributed by atoms with E-state index in [2.05, 4.69) is 15.0 Å². The SMILES string of the molecule is O=C(Cc1ccc(OC(F)(F)F)cc1)NCc1cccnc1. The smallest absolute Gasteiger partial charge is 0.406 e. The number of ether oxygens (including phenoxy) is 1. The van der Waals surface area contributed by atoms with Crippen LogP contribution in [0.5, 0.6) is 5.75 Å². The minimum absolute atomic E-state index is 0.0760. The highest BCUT2D eigenvalue weighted by Gasteiger charge is 2.30. The highest BCUT2D eigenvalue weighted by molar-refractivity contribution is 5.78. The first-order valence-electron chi connectivity index (χ1n) is 6.43. The van der Waals surface area contributed by atoms with E-state index in [0.29, 0.717) is 12.1 Å². The van der Waals surface area contributed by atoms with E-state index < -0.39 is 6.36 Å². The van der Waals surface area contributed by atoms with Crippen LogP contribution in [0, 0.1) is 0 Å². The third-order valence-electron chi connectivity index (χ3n) is 2.73. The van der Waals surface area contributed by atoms with Crippen LogP contribution in [0.2, 0.25) is 0 Å². The van der Waals surface area contributed by atoms with E-state index in [-0.39, 0.29) is 18.1 Å². The molecule has 7 heteroatoms. The number of carbonyl (C=O) groups is 1. The average Bonchev–Trinajstić information content (AvgIpc) is 2.47. The fourth-order valence-electron chi connectivity index (χ4n) is 1.76. The number of carbonyl (C=O) groups excluding carboxylic acids is 1. The Kier molecular flexibility index (Phi) is 4.98. The van der Waals surface area contributed by atoms with Gasteiger partial charge in [-0.3, -0.25) is 9.78 Å². The molecule has 1 amide bonds. The van der Waals surface area contributed by atoms with Crippen molar-refractivity contribution in [2.75, 3.05) is 0 Å². The molecule has 2 rings (SSSR count). The third kappa shape index (κ3) is 5.43. The summed E-state index contributed by atoms with van der Waals surface area (Å²) in [5.74, 6) is -0.541. The van der Waals surface area contributed by atoms with Crippen LogP contribution in [0.15, 0.2) is 48.8 Å². The van der Waals surface area contributed by atoms with Gasteiger partial charge in [0.15, 0.2) is 0 Å². The summed E-state index contributed by atoms with van der Waals surface area (Å²) >= 11 is 0. The van der Waals surface area contributed by atoms with E-state index in [4.69, 9.17) is 0 Å². The Labute approximate surface area is 124 Å². The van der Waals surface area contributed by atoms with E-state index >= 15 is 0 Å². The van der Waals surface area contributed by atoms with Gasteiger partial charge in [0.2, 0.25) is 5.91 Å². The lowest BCUT2D eigenvalue weighted by Crippen LogP contribution is -2.24. The molecule has 0 radical (unpaired) electrons. The standard InChI is InChI=1S/C15H13F3N2O2/c16-15(17,18)22-13-5-3-11(4-6-13)8-14(21)20-10-12-2-1-7-19-9-12/h1-7,9H,8,10H2,(H,20,21). The van der Waals surface area contributed by atoms with Crippen molar-refractivity contribution in [1.82, 2.24) is 10.3 Å². The zero-order chi connectivity index (χ0) is 16.0. The molecule has 116 valence electrons. The zero-order valence-electron chi connectivity index (χ0n) is 11.4. The summed E-state index contributed by atoms with van der Waals surface area (Å²) in [6.07, 6.45) is -1.37. The lowest BCUT2D eigenvalue weighted by atomic mass is 10.1. The molecule has 0 aliphatic rings. The second kappa shape index (κ2) is 6.93. The Bertz CT molecular complexity index is 613. The summed E-state index contributed by atoms with van der Waals surface area (Å²) in [5.41, 5.74) is 1.46. The molecule has 0 saturated heterocycles. The first-order chi connectivity index (χ1) is 10.4. The number of rotatable bonds is 5. The summed E-state index contributed by atoms with van der Waals surface area (Å²) in [6, 6.07) is 8.79. The maximum Gasteiger partial charge on any atom is 0.573 e. The Morgan fingerprint density at radius 3 is 2.45 bits per heavy atom. The van der Waals surface area contributed by atoms with Crippen molar-refractivity contribution < 1.29 is 22.7 Å². The second-order valence-electron chi connectivity index (χ2n) is 4.51. The molecule has 0 bridgehead atoms. The first-order valence-corrected chi connectivity index (χ1v) is 6.43. The number of nitrogens with zero attached hydrogens (tertiary/aromatic N) is 1. The molecule has 1 heterocycles. The van der Waals surface area contributed by atoms with Crippen molar-refractivity contribution in [1.29, 1.82) is 0 Å². The van der Waals surface area contributed by atoms with Gasteiger partial charge in [-0.25, -0.2) is 0 Å². The van der Waals surface area contributed by atoms with E-state index in [1.807, 2.05) is 6.07 Å². The topological polar surface area (TPSA) is 51.2 Å². The number of nitrogens with one attached hydrogen (secondary N) is 1. The van der Waals surface area contributed by atoms with Crippen molar-refractivity contribution >= 4 is 5.91 Å². The van der Waals surface area contributed by atoms with Crippen LogP contribution in [-0.2, 0) is 17.8 Å². The van der Waals surface area contributed by atoms with E-state index in [1.165, 1.54) is 24.3 Å². The van der Waals surface area contributed by atoms with Crippen molar-refractivity contribution in [3.05, 3.63) is 59.9 Å². The number of hydrogen-bond acceptors (Lipinski definition) is 3. The van der Waals surface area contributed by atoms with E-state index in [9.17, 15) is 18.0 Å². The predicted molar refractivity (Wildman–Crippen MR) is 72.9 cm³/mol. The highest BCUT2D eigenvalue weighted by atomic mass is 19.4. The lowest BCUT2D eigenvalue weighted by molar-refractivity contribution is -0.274. The van der Waals surface area contributed by atoms with Crippen LogP contribution in [-0.4, -0.2) is 17.3 Å². The molecule has 1 N–H and O–H groups in total. The molecule has 1 aromatic heterocycles. The molecule has 4 nitrogen and oxygen atoms in total. The molecule has 0 aliphatic carbocycles. The van der Waals surface area contributed by atoms with E-state index in [1.54, 1.807) is 18.5 Å². The van der Waals surface area contributed by atoms with Gasteiger partial charge in [0, 0.05) is 18.9 Å². The predicted octanol–water partition coefficient (Wildman–Crippen LogP) is 2.84. The van der Waals surface area contributed by atoms with E-state index in [0.717, 1.165) is 5.56 Å². The number of aromatic nitrogens is 1. The Morgan fingerprint density at radius 1 is 1.14 bits per heavy atom. The summed E-state index contributed by atoms with van der Waals surface area (Å²) in [4.78, 5) is 15.7. The van der Waals surface area contributed by atoms with Gasteiger partial charge in [0.25, 0.3) is 0 Å². The second-order valence-corrected chi connectivity index (χ2v) is 4.51. The fourth-order valence-corrected chi connectivity index (χ4v) is 1.76. The van der Waals surface area contributed by atoms with Crippen molar-refractivity contribution in [3.63, 3.8) is 0 Å². The molecule has 0 atom stereocenters. The van der Waals surface area contributed by atoms with Crippen LogP contribution >= 0.6 is 0 Å². The van der Waals surface area contributed by atoms with Gasteiger partial charge in [0.1, 0.15) is 5.75 Å². The van der Waals surface area contributed by atoms with Gasteiger partial charge in [-0.2, -0.15) is 0 Å². The first kappa shape index (κ1) is 15.8. The summed E-state index contributed by atoms with van der Waals surface area (Å²) in [5, 5.41) is 2.71. The minimum Gasteiger partial charge on any atom is -0.406 e. The largest absolute Gasteiger partial charge is 0.573 e. The van der Waals surface area contributed by atoms with Crippen LogP contribution in [0.4, 0.5) is 13.2 Å². The maximum atomic E-state index is 12.0. The van der Waals surface area contributed by atoms with Gasteiger partial charge in [-0.05, 0) is 29.3 Å². The summed E-state index contributed by atoms with van der Waals surface area (Å²) < 4.78 is 39.8. The van der Waals surface area contributed by atoms with Crippen LogP contribution in [0.25, 0.3) is 0 Å². The Morgan fingerprint density at radius 2 is 1.86 bits per heavy atom. The molecule has 2 aromatic rings. The van der Waals surface area contributed by atoms with Crippen LogP contribution in [0.3, 0.4) is 0 Å². The van der Waals surface area contributed by atoms with Gasteiger partial charge >= 0.3 is 6.36 Å². The summed E-state index contributed by atoms with van der Waals surface area (Å²) in [6.45, 7) is 0.349. The zero-order valence-corrected chi connectivity index (χ0v) is 11.4. The molecule has 22 heavy (non-hydrogen) atoms. The van der Waals surface area contributed by atoms with Crippen molar-refractivity contribution in [3.8, 4) is 5.75 Å². The van der Waals surface area contributed by atoms with Crippen molar-refractivity contribution in [2.45, 2.75) is 19.3 Å². The molecule has 1 aromatic carbocycles. The number of amides is 1. The quantitative estimate of drug-likeness (QED) is 0.924. The molecule has 0 unspecified atom stereocenters. The van der Waals surface area contributed by atoms with Gasteiger partial charge in [0.05, 0.1) is 6.42 Å². The summed E-state index contributed by atoms with van der Waals surface area (Å²) in [7, 11) is 0. The number of halogens is 3. The Hall–Kier alpha value is -2.57. The third-order valence-corrected chi connectivity index (χ3v) is 2.73. The Balaban J connectivity index is 1.84. The maximum absolute atomic E-state index is 12.0. The molecule has 0 fully saturated rings. The highest BCUT2D eigenvalue weighted by Crippen LogP contribution is 2.22. The monoisotopic (exact) mass is 310 g/mol. The van der Waals surface area contributed by atoms with Gasteiger partial charge < -0.3 is 10.1 Å². The molecule has 0 spiro atoms.